The van der Waals surface area contributed by atoms with Crippen molar-refractivity contribution in [3.63, 3.8) is 0 Å². The quantitative estimate of drug-likeness (QED) is 0.223. The Morgan fingerprint density at radius 3 is 2.04 bits per heavy atom. The molecule has 0 aliphatic rings. The highest BCUT2D eigenvalue weighted by molar-refractivity contribution is 5.82. The van der Waals surface area contributed by atoms with Gasteiger partial charge in [-0.3, -0.25) is 0 Å². The van der Waals surface area contributed by atoms with Crippen LogP contribution in [-0.4, -0.2) is 12.4 Å². The van der Waals surface area contributed by atoms with Gasteiger partial charge in [0, 0.05) is 5.56 Å². The lowest BCUT2D eigenvalue weighted by Crippen LogP contribution is -1.93. The lowest BCUT2D eigenvalue weighted by atomic mass is 10.1. The number of hydrogen-bond acceptors (Lipinski definition) is 2. The molecule has 2 aromatic carbocycles. The number of nitrogens with zero attached hydrogens (tertiary/aromatic N) is 2. The third-order valence-electron chi connectivity index (χ3n) is 3.34. The predicted octanol–water partition coefficient (Wildman–Crippen LogP) is 5.07. The number of unbranched alkanes of at least 4 members (excludes halogenated alkanes) is 1. The molecule has 0 heterocycles. The molecule has 0 saturated heterocycles. The Morgan fingerprint density at radius 1 is 0.875 bits per heavy atom. The molecule has 24 heavy (non-hydrogen) atoms. The summed E-state index contributed by atoms with van der Waals surface area (Å²) in [6, 6.07) is 9.57. The molecule has 0 amide bonds. The minimum absolute atomic E-state index is 0.0983. The van der Waals surface area contributed by atoms with E-state index in [4.69, 9.17) is 0 Å². The standard InChI is InChI=1S/C19H17F3N2/c1-2-3-4-5-14-6-8-15(9-7-14)12-23-24-13-16-10-17(20)19(22)18(21)11-16/h2,6-13H,1,3-5H2. The summed E-state index contributed by atoms with van der Waals surface area (Å²) in [6.07, 6.45) is 7.63. The van der Waals surface area contributed by atoms with Crippen molar-refractivity contribution < 1.29 is 13.2 Å². The minimum atomic E-state index is -1.50. The zero-order chi connectivity index (χ0) is 17.4. The molecule has 5 heteroatoms. The van der Waals surface area contributed by atoms with Crippen LogP contribution in [0.3, 0.4) is 0 Å². The van der Waals surface area contributed by atoms with Gasteiger partial charge >= 0.3 is 0 Å². The lowest BCUT2D eigenvalue weighted by molar-refractivity contribution is 0.447. The molecular weight excluding hydrogens is 313 g/mol. The van der Waals surface area contributed by atoms with Gasteiger partial charge in [0.05, 0.1) is 12.4 Å². The van der Waals surface area contributed by atoms with Crippen LogP contribution in [0.25, 0.3) is 0 Å². The highest BCUT2D eigenvalue weighted by Crippen LogP contribution is 2.12. The van der Waals surface area contributed by atoms with Crippen LogP contribution in [0, 0.1) is 17.5 Å². The zero-order valence-electron chi connectivity index (χ0n) is 13.1. The van der Waals surface area contributed by atoms with E-state index in [1.807, 2.05) is 30.3 Å². The van der Waals surface area contributed by atoms with Crippen LogP contribution in [0.2, 0.25) is 0 Å². The number of aryl methyl sites for hydroxylation is 1. The van der Waals surface area contributed by atoms with Crippen LogP contribution >= 0.6 is 0 Å². The topological polar surface area (TPSA) is 24.7 Å². The molecule has 0 aliphatic carbocycles. The van der Waals surface area contributed by atoms with Gasteiger partial charge in [-0.05, 0) is 42.5 Å². The van der Waals surface area contributed by atoms with Gasteiger partial charge in [-0.15, -0.1) is 6.58 Å². The Morgan fingerprint density at radius 2 is 1.46 bits per heavy atom. The fourth-order valence-electron chi connectivity index (χ4n) is 2.07. The van der Waals surface area contributed by atoms with Gasteiger partial charge in [0.15, 0.2) is 17.5 Å². The van der Waals surface area contributed by atoms with E-state index in [2.05, 4.69) is 16.8 Å². The summed E-state index contributed by atoms with van der Waals surface area (Å²) in [5.41, 5.74) is 2.19. The van der Waals surface area contributed by atoms with E-state index < -0.39 is 17.5 Å². The second-order valence-electron chi connectivity index (χ2n) is 5.21. The van der Waals surface area contributed by atoms with Crippen molar-refractivity contribution >= 4 is 12.4 Å². The second kappa shape index (κ2) is 8.82. The van der Waals surface area contributed by atoms with Crippen molar-refractivity contribution in [3.8, 4) is 0 Å². The van der Waals surface area contributed by atoms with Gasteiger partial charge in [0.1, 0.15) is 0 Å². The molecule has 0 aliphatic heterocycles. The first-order chi connectivity index (χ1) is 11.6. The average Bonchev–Trinajstić information content (AvgIpc) is 2.58. The summed E-state index contributed by atoms with van der Waals surface area (Å²) in [5, 5.41) is 7.53. The maximum atomic E-state index is 13.0. The lowest BCUT2D eigenvalue weighted by Gasteiger charge is -2.00. The number of rotatable bonds is 7. The molecule has 0 fully saturated rings. The van der Waals surface area contributed by atoms with Gasteiger partial charge in [0.2, 0.25) is 0 Å². The van der Waals surface area contributed by atoms with Crippen LogP contribution in [0.4, 0.5) is 13.2 Å². The highest BCUT2D eigenvalue weighted by Gasteiger charge is 2.09. The third kappa shape index (κ3) is 5.19. The molecule has 0 radical (unpaired) electrons. The molecule has 124 valence electrons. The van der Waals surface area contributed by atoms with E-state index in [0.29, 0.717) is 0 Å². The molecule has 2 nitrogen and oxygen atoms in total. The van der Waals surface area contributed by atoms with Crippen molar-refractivity contribution in [2.24, 2.45) is 10.2 Å². The van der Waals surface area contributed by atoms with E-state index in [9.17, 15) is 13.2 Å². The van der Waals surface area contributed by atoms with Gasteiger partial charge < -0.3 is 0 Å². The minimum Gasteiger partial charge on any atom is -0.204 e. The molecule has 0 aromatic heterocycles. The molecule has 0 unspecified atom stereocenters. The van der Waals surface area contributed by atoms with Gasteiger partial charge in [-0.2, -0.15) is 10.2 Å². The third-order valence-corrected chi connectivity index (χ3v) is 3.34. The summed E-state index contributed by atoms with van der Waals surface area (Å²) >= 11 is 0. The van der Waals surface area contributed by atoms with Crippen molar-refractivity contribution in [2.45, 2.75) is 19.3 Å². The van der Waals surface area contributed by atoms with Crippen LogP contribution in [0.5, 0.6) is 0 Å². The largest absolute Gasteiger partial charge is 0.204 e. The smallest absolute Gasteiger partial charge is 0.194 e. The predicted molar refractivity (Wildman–Crippen MR) is 91.1 cm³/mol. The first-order valence-electron chi connectivity index (χ1n) is 7.51. The van der Waals surface area contributed by atoms with Crippen LogP contribution in [-0.2, 0) is 6.42 Å². The first kappa shape index (κ1) is 17.7. The van der Waals surface area contributed by atoms with Gasteiger partial charge in [-0.25, -0.2) is 13.2 Å². The fourth-order valence-corrected chi connectivity index (χ4v) is 2.07. The summed E-state index contributed by atoms with van der Waals surface area (Å²) in [4.78, 5) is 0. The Balaban J connectivity index is 1.95. The highest BCUT2D eigenvalue weighted by atomic mass is 19.2. The Labute approximate surface area is 139 Å². The first-order valence-corrected chi connectivity index (χ1v) is 7.51. The van der Waals surface area contributed by atoms with E-state index in [1.165, 1.54) is 11.8 Å². The monoisotopic (exact) mass is 330 g/mol. The molecule has 0 spiro atoms. The maximum Gasteiger partial charge on any atom is 0.194 e. The molecule has 0 atom stereocenters. The Bertz CT molecular complexity index is 727. The van der Waals surface area contributed by atoms with E-state index in [-0.39, 0.29) is 5.56 Å². The molecule has 2 rings (SSSR count). The van der Waals surface area contributed by atoms with E-state index >= 15 is 0 Å². The normalized spacial score (nSPS) is 11.5. The van der Waals surface area contributed by atoms with E-state index in [0.717, 1.165) is 43.2 Å². The second-order valence-corrected chi connectivity index (χ2v) is 5.21. The number of hydrogen-bond donors (Lipinski definition) is 0. The van der Waals surface area contributed by atoms with Crippen molar-refractivity contribution in [2.75, 3.05) is 0 Å². The molecular formula is C19H17F3N2. The van der Waals surface area contributed by atoms with E-state index in [1.54, 1.807) is 0 Å². The van der Waals surface area contributed by atoms with Crippen LogP contribution in [0.1, 0.15) is 29.5 Å². The number of halogens is 3. The maximum absolute atomic E-state index is 13.0. The molecule has 0 saturated carbocycles. The number of allylic oxidation sites excluding steroid dienone is 1. The SMILES string of the molecule is C=CCCCc1ccc(C=NN=Cc2cc(F)c(F)c(F)c2)cc1. The molecule has 0 bridgehead atoms. The average molecular weight is 330 g/mol. The number of benzene rings is 2. The molecule has 2 aromatic rings. The fraction of sp³-hybridized carbons (Fsp3) is 0.158. The molecule has 0 N–H and O–H groups in total. The zero-order valence-corrected chi connectivity index (χ0v) is 13.1. The summed E-state index contributed by atoms with van der Waals surface area (Å²) in [7, 11) is 0. The van der Waals surface area contributed by atoms with Crippen molar-refractivity contribution in [1.29, 1.82) is 0 Å². The summed E-state index contributed by atoms with van der Waals surface area (Å²) in [5.74, 6) is -4.01. The Kier molecular flexibility index (Phi) is 6.49. The van der Waals surface area contributed by atoms with Crippen molar-refractivity contribution in [1.82, 2.24) is 0 Å². The summed E-state index contributed by atoms with van der Waals surface area (Å²) < 4.78 is 38.9. The van der Waals surface area contributed by atoms with Gasteiger partial charge in [-0.1, -0.05) is 30.3 Å². The van der Waals surface area contributed by atoms with Crippen LogP contribution < -0.4 is 0 Å². The van der Waals surface area contributed by atoms with Crippen LogP contribution in [0.15, 0.2) is 59.3 Å². The van der Waals surface area contributed by atoms with Gasteiger partial charge in [0.25, 0.3) is 0 Å². The Hall–Kier alpha value is -2.69. The van der Waals surface area contributed by atoms with Crippen molar-refractivity contribution in [3.05, 3.63) is 83.2 Å². The summed E-state index contributed by atoms with van der Waals surface area (Å²) in [6.45, 7) is 3.69.